The van der Waals surface area contributed by atoms with Gasteiger partial charge >= 0.3 is 5.97 Å². The predicted octanol–water partition coefficient (Wildman–Crippen LogP) is 2.96. The van der Waals surface area contributed by atoms with E-state index in [1.165, 1.54) is 11.1 Å². The van der Waals surface area contributed by atoms with Gasteiger partial charge in [0.15, 0.2) is 0 Å². The second kappa shape index (κ2) is 8.21. The maximum absolute atomic E-state index is 12.4. The summed E-state index contributed by atoms with van der Waals surface area (Å²) in [5, 5.41) is 9.08. The molecule has 1 saturated heterocycles. The van der Waals surface area contributed by atoms with Crippen LogP contribution in [-0.2, 0) is 22.4 Å². The number of fused-ring (bicyclic) bond motifs is 1. The first-order valence-corrected chi connectivity index (χ1v) is 9.81. The van der Waals surface area contributed by atoms with Crippen LogP contribution in [-0.4, -0.2) is 48.1 Å². The van der Waals surface area contributed by atoms with Crippen LogP contribution >= 0.6 is 0 Å². The van der Waals surface area contributed by atoms with E-state index in [-0.39, 0.29) is 11.8 Å². The Bertz CT molecular complexity index is 663. The first-order valence-electron chi connectivity index (χ1n) is 9.81. The van der Waals surface area contributed by atoms with Crippen LogP contribution in [0.25, 0.3) is 0 Å². The number of likely N-dealkylation sites (tertiary alicyclic amines) is 1. The number of hydrogen-bond acceptors (Lipinski definition) is 3. The van der Waals surface area contributed by atoms with Crippen LogP contribution in [0.4, 0.5) is 5.69 Å². The summed E-state index contributed by atoms with van der Waals surface area (Å²) in [6, 6.07) is 6.50. The lowest BCUT2D eigenvalue weighted by Gasteiger charge is -2.30. The number of piperidine rings is 1. The van der Waals surface area contributed by atoms with E-state index in [0.29, 0.717) is 12.3 Å². The monoisotopic (exact) mass is 358 g/mol. The Hall–Kier alpha value is -1.88. The molecule has 2 aliphatic heterocycles. The number of amides is 1. The molecule has 0 saturated carbocycles. The van der Waals surface area contributed by atoms with Gasteiger partial charge in [-0.2, -0.15) is 0 Å². The molecule has 5 heteroatoms. The Morgan fingerprint density at radius 3 is 2.58 bits per heavy atom. The molecule has 2 aliphatic rings. The van der Waals surface area contributed by atoms with Crippen LogP contribution in [0.1, 0.15) is 44.2 Å². The van der Waals surface area contributed by atoms with Crippen molar-refractivity contribution in [2.24, 2.45) is 11.8 Å². The predicted molar refractivity (Wildman–Crippen MR) is 102 cm³/mol. The van der Waals surface area contributed by atoms with E-state index >= 15 is 0 Å². The normalized spacial score (nSPS) is 18.3. The zero-order valence-corrected chi connectivity index (χ0v) is 15.9. The maximum Gasteiger partial charge on any atom is 0.306 e. The number of hydrogen-bond donors (Lipinski definition) is 1. The summed E-state index contributed by atoms with van der Waals surface area (Å²) in [5.74, 6) is -0.204. The molecule has 1 aromatic rings. The lowest BCUT2D eigenvalue weighted by Crippen LogP contribution is -2.37. The molecule has 0 unspecified atom stereocenters. The third-order valence-corrected chi connectivity index (χ3v) is 5.58. The largest absolute Gasteiger partial charge is 0.481 e. The molecule has 1 amide bonds. The van der Waals surface area contributed by atoms with Crippen molar-refractivity contribution in [1.29, 1.82) is 0 Å². The van der Waals surface area contributed by atoms with E-state index in [1.54, 1.807) is 0 Å². The van der Waals surface area contributed by atoms with Crippen molar-refractivity contribution in [3.63, 3.8) is 0 Å². The molecular formula is C21H30N2O3. The van der Waals surface area contributed by atoms with Gasteiger partial charge in [-0.25, -0.2) is 0 Å². The molecule has 0 radical (unpaired) electrons. The lowest BCUT2D eigenvalue weighted by atomic mass is 9.96. The van der Waals surface area contributed by atoms with Gasteiger partial charge in [0.05, 0.1) is 5.92 Å². The highest BCUT2D eigenvalue weighted by Gasteiger charge is 2.26. The molecule has 0 bridgehead atoms. The fraction of sp³-hybridized carbons (Fsp3) is 0.619. The second-order valence-corrected chi connectivity index (χ2v) is 8.06. The van der Waals surface area contributed by atoms with Crippen LogP contribution < -0.4 is 4.90 Å². The van der Waals surface area contributed by atoms with E-state index in [1.807, 2.05) is 4.90 Å². The van der Waals surface area contributed by atoms with E-state index in [4.69, 9.17) is 5.11 Å². The second-order valence-electron chi connectivity index (χ2n) is 8.06. The van der Waals surface area contributed by atoms with Crippen LogP contribution in [0, 0.1) is 11.8 Å². The SMILES string of the molecule is CC(C)CC(=O)N1CCc2cc(CCN3CCC(C(=O)O)CC3)ccc21. The van der Waals surface area contributed by atoms with Crippen molar-refractivity contribution in [2.45, 2.75) is 46.0 Å². The fourth-order valence-electron chi connectivity index (χ4n) is 4.02. The Balaban J connectivity index is 1.54. The summed E-state index contributed by atoms with van der Waals surface area (Å²) in [4.78, 5) is 27.7. The maximum atomic E-state index is 12.4. The molecule has 2 heterocycles. The molecule has 5 nitrogen and oxygen atoms in total. The number of carboxylic acids is 1. The summed E-state index contributed by atoms with van der Waals surface area (Å²) >= 11 is 0. The number of nitrogens with zero attached hydrogens (tertiary/aromatic N) is 2. The number of anilines is 1. The van der Waals surface area contributed by atoms with Gasteiger partial charge in [0.1, 0.15) is 0 Å². The van der Waals surface area contributed by atoms with Gasteiger partial charge < -0.3 is 14.9 Å². The molecular weight excluding hydrogens is 328 g/mol. The van der Waals surface area contributed by atoms with Crippen molar-refractivity contribution in [3.8, 4) is 0 Å². The number of carbonyl (C=O) groups excluding carboxylic acids is 1. The summed E-state index contributed by atoms with van der Waals surface area (Å²) in [6.45, 7) is 7.68. The van der Waals surface area contributed by atoms with Crippen molar-refractivity contribution >= 4 is 17.6 Å². The molecule has 1 fully saturated rings. The zero-order chi connectivity index (χ0) is 18.7. The van der Waals surface area contributed by atoms with E-state index < -0.39 is 5.97 Å². The highest BCUT2D eigenvalue weighted by molar-refractivity contribution is 5.95. The van der Waals surface area contributed by atoms with Gasteiger partial charge in [-0.05, 0) is 61.9 Å². The smallest absolute Gasteiger partial charge is 0.306 e. The highest BCUT2D eigenvalue weighted by Crippen LogP contribution is 2.30. The molecule has 142 valence electrons. The Labute approximate surface area is 156 Å². The number of benzene rings is 1. The molecule has 26 heavy (non-hydrogen) atoms. The highest BCUT2D eigenvalue weighted by atomic mass is 16.4. The molecule has 1 aromatic carbocycles. The van der Waals surface area contributed by atoms with Crippen molar-refractivity contribution in [2.75, 3.05) is 31.1 Å². The summed E-state index contributed by atoms with van der Waals surface area (Å²) in [5.41, 5.74) is 3.67. The molecule has 0 aromatic heterocycles. The first kappa shape index (κ1) is 18.9. The standard InChI is InChI=1S/C21H30N2O3/c1-15(2)13-20(24)23-12-8-18-14-16(3-4-19(18)23)5-9-22-10-6-17(7-11-22)21(25)26/h3-4,14-15,17H,5-13H2,1-2H3,(H,25,26). The van der Waals surface area contributed by atoms with E-state index in [0.717, 1.165) is 57.5 Å². The zero-order valence-electron chi connectivity index (χ0n) is 15.9. The Morgan fingerprint density at radius 2 is 1.92 bits per heavy atom. The number of aliphatic carboxylic acids is 1. The van der Waals surface area contributed by atoms with Gasteiger partial charge in [-0.1, -0.05) is 26.0 Å². The van der Waals surface area contributed by atoms with E-state index in [2.05, 4.69) is 36.9 Å². The molecule has 1 N–H and O–H groups in total. The van der Waals surface area contributed by atoms with Crippen LogP contribution in [0.5, 0.6) is 0 Å². The number of carboxylic acid groups (broad SMARTS) is 1. The van der Waals surface area contributed by atoms with Gasteiger partial charge in [-0.3, -0.25) is 9.59 Å². The van der Waals surface area contributed by atoms with Crippen LogP contribution in [0.2, 0.25) is 0 Å². The molecule has 0 aliphatic carbocycles. The van der Waals surface area contributed by atoms with Crippen molar-refractivity contribution in [1.82, 2.24) is 4.90 Å². The average Bonchev–Trinajstić information content (AvgIpc) is 3.03. The summed E-state index contributed by atoms with van der Waals surface area (Å²) in [6.07, 6.45) is 4.04. The Kier molecular flexibility index (Phi) is 5.97. The number of carbonyl (C=O) groups is 2. The minimum Gasteiger partial charge on any atom is -0.481 e. The minimum atomic E-state index is -0.653. The third-order valence-electron chi connectivity index (χ3n) is 5.58. The van der Waals surface area contributed by atoms with Gasteiger partial charge in [-0.15, -0.1) is 0 Å². The van der Waals surface area contributed by atoms with Crippen molar-refractivity contribution in [3.05, 3.63) is 29.3 Å². The number of rotatable bonds is 6. The quantitative estimate of drug-likeness (QED) is 0.849. The lowest BCUT2D eigenvalue weighted by molar-refractivity contribution is -0.143. The minimum absolute atomic E-state index is 0.166. The summed E-state index contributed by atoms with van der Waals surface area (Å²) < 4.78 is 0. The van der Waals surface area contributed by atoms with Gasteiger partial charge in [0, 0.05) is 25.2 Å². The average molecular weight is 358 g/mol. The van der Waals surface area contributed by atoms with Crippen LogP contribution in [0.15, 0.2) is 18.2 Å². The Morgan fingerprint density at radius 1 is 1.19 bits per heavy atom. The van der Waals surface area contributed by atoms with Crippen molar-refractivity contribution < 1.29 is 14.7 Å². The van der Waals surface area contributed by atoms with E-state index in [9.17, 15) is 9.59 Å². The molecule has 0 spiro atoms. The topological polar surface area (TPSA) is 60.9 Å². The molecule has 0 atom stereocenters. The summed E-state index contributed by atoms with van der Waals surface area (Å²) in [7, 11) is 0. The first-order chi connectivity index (χ1) is 12.4. The van der Waals surface area contributed by atoms with Gasteiger partial charge in [0.25, 0.3) is 0 Å². The van der Waals surface area contributed by atoms with Gasteiger partial charge in [0.2, 0.25) is 5.91 Å². The fourth-order valence-corrected chi connectivity index (χ4v) is 4.02. The molecule has 3 rings (SSSR count). The van der Waals surface area contributed by atoms with Crippen LogP contribution in [0.3, 0.4) is 0 Å². The third kappa shape index (κ3) is 4.44.